The van der Waals surface area contributed by atoms with E-state index < -0.39 is 16.3 Å². The van der Waals surface area contributed by atoms with Crippen LogP contribution >= 0.6 is 0 Å². The average Bonchev–Trinajstić information content (AvgIpc) is 1.83. The third-order valence-corrected chi connectivity index (χ3v) is 1.49. The van der Waals surface area contributed by atoms with Gasteiger partial charge in [0.15, 0.2) is 0 Å². The number of nitrogens with one attached hydrogen (secondary N) is 1. The van der Waals surface area contributed by atoms with Gasteiger partial charge in [0.05, 0.1) is 6.61 Å². The van der Waals surface area contributed by atoms with E-state index in [0.717, 1.165) is 0 Å². The minimum absolute atomic E-state index is 0. The second-order valence-corrected chi connectivity index (χ2v) is 3.22. The summed E-state index contributed by atoms with van der Waals surface area (Å²) in [6, 6.07) is 0. The summed E-state index contributed by atoms with van der Waals surface area (Å²) in [4.78, 5) is 10.1. The van der Waals surface area contributed by atoms with Gasteiger partial charge in [0.2, 0.25) is 0 Å². The monoisotopic (exact) mass is 219 g/mol. The van der Waals surface area contributed by atoms with E-state index in [-0.39, 0.29) is 42.6 Å². The Bertz CT molecular complexity index is 239. The molecule has 0 aromatic rings. The minimum Gasteiger partial charge on any atom is -0.668 e. The minimum atomic E-state index is -4.36. The molecular weight excluding hydrogens is 209 g/mol. The Morgan fingerprint density at radius 3 is 2.31 bits per heavy atom. The summed E-state index contributed by atoms with van der Waals surface area (Å²) < 4.78 is 32.0. The van der Waals surface area contributed by atoms with Crippen molar-refractivity contribution in [3.8, 4) is 0 Å². The molecule has 0 aliphatic rings. The van der Waals surface area contributed by atoms with E-state index >= 15 is 0 Å². The van der Waals surface area contributed by atoms with Crippen molar-refractivity contribution in [2.75, 3.05) is 6.61 Å². The molecule has 0 aliphatic heterocycles. The van der Waals surface area contributed by atoms with Gasteiger partial charge in [-0.05, 0) is 19.3 Å². The molecule has 0 aromatic carbocycles. The van der Waals surface area contributed by atoms with Crippen molar-refractivity contribution >= 4 is 16.3 Å². The first-order chi connectivity index (χ1) is 5.42. The first kappa shape index (κ1) is 15.8. The Hall–Kier alpha value is 0.340. The fourth-order valence-corrected chi connectivity index (χ4v) is 0.880. The van der Waals surface area contributed by atoms with E-state index in [0.29, 0.717) is 12.8 Å². The van der Waals surface area contributed by atoms with Crippen molar-refractivity contribution in [3.63, 3.8) is 0 Å². The van der Waals surface area contributed by atoms with Gasteiger partial charge in [0.25, 0.3) is 0 Å². The molecular formula is C5H10NNaO5S. The molecule has 0 aliphatic carbocycles. The molecule has 2 N–H and O–H groups in total. The fourth-order valence-electron chi connectivity index (χ4n) is 0.552. The maximum atomic E-state index is 10.1. The van der Waals surface area contributed by atoms with Crippen LogP contribution in [0.1, 0.15) is 19.3 Å². The quantitative estimate of drug-likeness (QED) is 0.303. The molecule has 13 heavy (non-hydrogen) atoms. The summed E-state index contributed by atoms with van der Waals surface area (Å²) in [5.41, 5.74) is 6.49. The number of carbonyl (C=O) groups is 1. The Morgan fingerprint density at radius 2 is 1.92 bits per heavy atom. The van der Waals surface area contributed by atoms with Gasteiger partial charge in [0.1, 0.15) is 0 Å². The van der Waals surface area contributed by atoms with Crippen LogP contribution in [-0.2, 0) is 19.4 Å². The summed E-state index contributed by atoms with van der Waals surface area (Å²) >= 11 is 0. The zero-order chi connectivity index (χ0) is 9.61. The summed E-state index contributed by atoms with van der Waals surface area (Å²) in [5, 5.41) is 0. The van der Waals surface area contributed by atoms with Crippen LogP contribution in [0.2, 0.25) is 0 Å². The SMILES string of the molecule is [NH-]C(=O)CCCCOS(=O)(=O)O.[Na+]. The van der Waals surface area contributed by atoms with Gasteiger partial charge >= 0.3 is 40.0 Å². The molecule has 0 bridgehead atoms. The first-order valence-corrected chi connectivity index (χ1v) is 4.64. The average molecular weight is 219 g/mol. The number of hydrogen-bond acceptors (Lipinski definition) is 4. The van der Waals surface area contributed by atoms with Crippen LogP contribution in [0.4, 0.5) is 0 Å². The second kappa shape index (κ2) is 7.72. The van der Waals surface area contributed by atoms with Crippen LogP contribution < -0.4 is 29.6 Å². The molecule has 0 saturated carbocycles. The summed E-state index contributed by atoms with van der Waals surface area (Å²) in [7, 11) is -4.36. The van der Waals surface area contributed by atoms with E-state index in [9.17, 15) is 13.2 Å². The Morgan fingerprint density at radius 1 is 1.38 bits per heavy atom. The largest absolute Gasteiger partial charge is 1.00 e. The Balaban J connectivity index is 0. The molecule has 0 aromatic heterocycles. The number of hydrogen-bond donors (Lipinski definition) is 1. The summed E-state index contributed by atoms with van der Waals surface area (Å²) in [6.07, 6.45) is 0.789. The predicted molar refractivity (Wildman–Crippen MR) is 40.7 cm³/mol. The van der Waals surface area contributed by atoms with Crippen LogP contribution in [-0.4, -0.2) is 25.5 Å². The van der Waals surface area contributed by atoms with Crippen LogP contribution in [0.15, 0.2) is 0 Å². The third-order valence-electron chi connectivity index (χ3n) is 1.03. The molecule has 0 fully saturated rings. The summed E-state index contributed by atoms with van der Waals surface area (Å²) in [5.74, 6) is -0.693. The smallest absolute Gasteiger partial charge is 0.668 e. The van der Waals surface area contributed by atoms with Crippen molar-refractivity contribution in [3.05, 3.63) is 5.73 Å². The van der Waals surface area contributed by atoms with Crippen LogP contribution in [0.3, 0.4) is 0 Å². The summed E-state index contributed by atoms with van der Waals surface area (Å²) in [6.45, 7) is -0.161. The van der Waals surface area contributed by atoms with Gasteiger partial charge < -0.3 is 10.5 Å². The van der Waals surface area contributed by atoms with Crippen LogP contribution in [0, 0.1) is 0 Å². The maximum absolute atomic E-state index is 10.1. The van der Waals surface area contributed by atoms with Crippen molar-refractivity contribution in [1.82, 2.24) is 0 Å². The molecule has 6 nitrogen and oxygen atoms in total. The molecule has 8 heteroatoms. The predicted octanol–water partition coefficient (Wildman–Crippen LogP) is -2.44. The molecule has 0 saturated heterocycles. The Kier molecular flexibility index (Phi) is 9.38. The van der Waals surface area contributed by atoms with Crippen LogP contribution in [0.5, 0.6) is 0 Å². The van der Waals surface area contributed by atoms with Crippen molar-refractivity contribution in [2.24, 2.45) is 0 Å². The number of amides is 1. The standard InChI is InChI=1S/C5H11NO5S.Na/c6-5(7)3-1-2-4-11-12(8,9)10;/h1-4H2,(H3,6,7,8,9,10);/q;+1/p-1. The van der Waals surface area contributed by atoms with Gasteiger partial charge in [-0.2, -0.15) is 8.42 Å². The van der Waals surface area contributed by atoms with E-state index in [1.807, 2.05) is 0 Å². The zero-order valence-electron chi connectivity index (χ0n) is 7.32. The van der Waals surface area contributed by atoms with Gasteiger partial charge in [0, 0.05) is 5.91 Å². The molecule has 0 spiro atoms. The van der Waals surface area contributed by atoms with E-state index in [2.05, 4.69) is 4.18 Å². The number of rotatable bonds is 6. The van der Waals surface area contributed by atoms with Gasteiger partial charge in [-0.1, -0.05) is 0 Å². The first-order valence-electron chi connectivity index (χ1n) is 3.28. The number of carbonyl (C=O) groups excluding carboxylic acids is 1. The fraction of sp³-hybridized carbons (Fsp3) is 0.800. The normalized spacial score (nSPS) is 10.5. The van der Waals surface area contributed by atoms with Gasteiger partial charge in [-0.25, -0.2) is 4.18 Å². The van der Waals surface area contributed by atoms with Crippen molar-refractivity contribution < 1.29 is 51.5 Å². The second-order valence-electron chi connectivity index (χ2n) is 2.13. The maximum Gasteiger partial charge on any atom is 1.00 e. The molecule has 0 rings (SSSR count). The molecule has 0 heterocycles. The number of unbranched alkanes of at least 4 members (excludes halogenated alkanes) is 1. The third kappa shape index (κ3) is 15.1. The molecule has 0 unspecified atom stereocenters. The van der Waals surface area contributed by atoms with Crippen molar-refractivity contribution in [2.45, 2.75) is 19.3 Å². The van der Waals surface area contributed by atoms with E-state index in [1.165, 1.54) is 0 Å². The zero-order valence-corrected chi connectivity index (χ0v) is 10.1. The molecule has 72 valence electrons. The molecule has 0 radical (unpaired) electrons. The van der Waals surface area contributed by atoms with E-state index in [1.54, 1.807) is 0 Å². The van der Waals surface area contributed by atoms with Gasteiger partial charge in [-0.3, -0.25) is 4.55 Å². The van der Waals surface area contributed by atoms with E-state index in [4.69, 9.17) is 10.3 Å². The van der Waals surface area contributed by atoms with Crippen molar-refractivity contribution in [1.29, 1.82) is 0 Å². The molecule has 0 atom stereocenters. The topological polar surface area (TPSA) is 104 Å². The Labute approximate surface area is 99.1 Å². The van der Waals surface area contributed by atoms with Crippen LogP contribution in [0.25, 0.3) is 5.73 Å². The molecule has 1 amide bonds. The van der Waals surface area contributed by atoms with Gasteiger partial charge in [-0.15, -0.1) is 0 Å².